The minimum absolute atomic E-state index is 0.0309. The second-order valence-electron chi connectivity index (χ2n) is 12.0. The van der Waals surface area contributed by atoms with E-state index in [9.17, 15) is 0 Å². The zero-order valence-corrected chi connectivity index (χ0v) is 25.3. The maximum atomic E-state index is 6.95. The van der Waals surface area contributed by atoms with Gasteiger partial charge in [-0.15, -0.1) is 0 Å². The van der Waals surface area contributed by atoms with Gasteiger partial charge in [-0.1, -0.05) is 109 Å². The molecule has 0 aliphatic carbocycles. The number of ether oxygens (including phenoxy) is 2. The van der Waals surface area contributed by atoms with Crippen LogP contribution in [0.2, 0.25) is 0 Å². The average molecular weight is 590 g/mol. The fraction of sp³-hybridized carbons (Fsp3) is 0.0238. The predicted octanol–water partition coefficient (Wildman–Crippen LogP) is 8.79. The first-order valence-electron chi connectivity index (χ1n) is 15.6. The molecule has 0 spiro atoms. The van der Waals surface area contributed by atoms with Crippen molar-refractivity contribution in [1.82, 2.24) is 4.98 Å². The third kappa shape index (κ3) is 4.42. The zero-order valence-electron chi connectivity index (χ0n) is 25.3. The van der Waals surface area contributed by atoms with Gasteiger partial charge in [-0.2, -0.15) is 0 Å². The zero-order chi connectivity index (χ0) is 30.6. The lowest BCUT2D eigenvalue weighted by molar-refractivity contribution is 0.466. The van der Waals surface area contributed by atoms with Gasteiger partial charge in [0.05, 0.1) is 0 Å². The highest BCUT2D eigenvalue weighted by atomic mass is 16.5. The molecule has 6 aromatic carbocycles. The topological polar surface area (TPSA) is 31.4 Å². The van der Waals surface area contributed by atoms with E-state index in [0.717, 1.165) is 84.0 Å². The molecule has 0 unspecified atom stereocenters. The molecule has 4 heteroatoms. The van der Waals surface area contributed by atoms with Crippen molar-refractivity contribution < 1.29 is 9.47 Å². The van der Waals surface area contributed by atoms with Crippen molar-refractivity contribution in [3.05, 3.63) is 157 Å². The van der Waals surface area contributed by atoms with Crippen molar-refractivity contribution in [3.63, 3.8) is 0 Å². The quantitative estimate of drug-likeness (QED) is 0.192. The van der Waals surface area contributed by atoms with Crippen LogP contribution in [0.5, 0.6) is 23.0 Å². The van der Waals surface area contributed by atoms with Crippen molar-refractivity contribution in [2.75, 3.05) is 0 Å². The molecule has 3 nitrogen and oxygen atoms in total. The van der Waals surface area contributed by atoms with Crippen LogP contribution >= 0.6 is 0 Å². The molecule has 0 saturated heterocycles. The summed E-state index contributed by atoms with van der Waals surface area (Å²) < 4.78 is 13.7. The second-order valence-corrected chi connectivity index (χ2v) is 12.0. The number of benzene rings is 6. The van der Waals surface area contributed by atoms with Gasteiger partial charge in [-0.3, -0.25) is 4.98 Å². The van der Waals surface area contributed by atoms with Crippen molar-refractivity contribution in [2.45, 2.75) is 6.92 Å². The monoisotopic (exact) mass is 589 g/mol. The Morgan fingerprint density at radius 1 is 0.457 bits per heavy atom. The highest BCUT2D eigenvalue weighted by molar-refractivity contribution is 6.98. The van der Waals surface area contributed by atoms with E-state index >= 15 is 0 Å². The Morgan fingerprint density at radius 3 is 1.70 bits per heavy atom. The molecule has 0 fully saturated rings. The Balaban J connectivity index is 1.23. The van der Waals surface area contributed by atoms with E-state index in [0.29, 0.717) is 0 Å². The average Bonchev–Trinajstić information content (AvgIpc) is 3.12. The van der Waals surface area contributed by atoms with Gasteiger partial charge in [-0.25, -0.2) is 0 Å². The Kier molecular flexibility index (Phi) is 6.14. The minimum atomic E-state index is -0.0309. The molecule has 0 amide bonds. The predicted molar refractivity (Wildman–Crippen MR) is 188 cm³/mol. The normalized spacial score (nSPS) is 12.3. The van der Waals surface area contributed by atoms with Crippen LogP contribution < -0.4 is 25.9 Å². The molecule has 0 bridgehead atoms. The lowest BCUT2D eigenvalue weighted by Crippen LogP contribution is -2.57. The largest absolute Gasteiger partial charge is 0.458 e. The van der Waals surface area contributed by atoms with Crippen LogP contribution in [0, 0.1) is 6.92 Å². The van der Waals surface area contributed by atoms with Gasteiger partial charge in [0.2, 0.25) is 0 Å². The fourth-order valence-electron chi connectivity index (χ4n) is 6.84. The van der Waals surface area contributed by atoms with Gasteiger partial charge in [0.1, 0.15) is 23.0 Å². The first-order chi connectivity index (χ1) is 22.7. The van der Waals surface area contributed by atoms with Crippen LogP contribution in [-0.4, -0.2) is 11.7 Å². The number of nitrogens with zero attached hydrogens (tertiary/aromatic N) is 1. The maximum Gasteiger partial charge on any atom is 0.260 e. The van der Waals surface area contributed by atoms with Crippen LogP contribution in [0.4, 0.5) is 0 Å². The Labute approximate surface area is 268 Å². The van der Waals surface area contributed by atoms with Gasteiger partial charge in [0.15, 0.2) is 0 Å². The summed E-state index contributed by atoms with van der Waals surface area (Å²) >= 11 is 0. The van der Waals surface area contributed by atoms with Gasteiger partial charge < -0.3 is 9.47 Å². The van der Waals surface area contributed by atoms with Crippen molar-refractivity contribution in [1.29, 1.82) is 0 Å². The summed E-state index contributed by atoms with van der Waals surface area (Å²) in [6.45, 7) is 1.98. The Hall–Kier alpha value is -5.87. The van der Waals surface area contributed by atoms with Gasteiger partial charge in [0, 0.05) is 28.5 Å². The lowest BCUT2D eigenvalue weighted by atomic mass is 9.34. The molecule has 0 N–H and O–H groups in total. The first-order valence-corrected chi connectivity index (χ1v) is 15.6. The van der Waals surface area contributed by atoms with Gasteiger partial charge in [-0.05, 0) is 87.6 Å². The van der Waals surface area contributed by atoms with E-state index in [-0.39, 0.29) is 6.71 Å². The number of fused-ring (bicyclic) bond motifs is 4. The third-order valence-electron chi connectivity index (χ3n) is 9.16. The number of aryl methyl sites for hydroxylation is 1. The number of pyridine rings is 1. The molecule has 3 heterocycles. The summed E-state index contributed by atoms with van der Waals surface area (Å²) in [6, 6.07) is 51.2. The van der Waals surface area contributed by atoms with Crippen molar-refractivity contribution >= 4 is 23.1 Å². The molecular weight excluding hydrogens is 561 g/mol. The number of rotatable bonds is 4. The SMILES string of the molecule is Cc1ccc(-c2cccc(-c3ccc4c5c3Oc3cc(-c6ccccc6)ccc3B5c3ccc(-c5ccccc5)cc3O4)c2)cn1. The van der Waals surface area contributed by atoms with E-state index in [4.69, 9.17) is 9.47 Å². The molecule has 216 valence electrons. The van der Waals surface area contributed by atoms with E-state index < -0.39 is 0 Å². The second kappa shape index (κ2) is 10.6. The lowest BCUT2D eigenvalue weighted by Gasteiger charge is -2.34. The van der Waals surface area contributed by atoms with Crippen LogP contribution in [-0.2, 0) is 0 Å². The van der Waals surface area contributed by atoms with E-state index in [1.54, 1.807) is 0 Å². The Morgan fingerprint density at radius 2 is 1.04 bits per heavy atom. The molecule has 0 saturated carbocycles. The number of hydrogen-bond donors (Lipinski definition) is 0. The molecule has 7 aromatic rings. The summed E-state index contributed by atoms with van der Waals surface area (Å²) in [4.78, 5) is 4.53. The summed E-state index contributed by atoms with van der Waals surface area (Å²) in [5.74, 6) is 3.43. The fourth-order valence-corrected chi connectivity index (χ4v) is 6.84. The molecule has 2 aliphatic heterocycles. The van der Waals surface area contributed by atoms with E-state index in [1.807, 2.05) is 25.3 Å². The molecule has 9 rings (SSSR count). The molecule has 0 radical (unpaired) electrons. The summed E-state index contributed by atoms with van der Waals surface area (Å²) in [7, 11) is 0. The summed E-state index contributed by atoms with van der Waals surface area (Å²) in [5, 5.41) is 0. The van der Waals surface area contributed by atoms with Crippen molar-refractivity contribution in [2.24, 2.45) is 0 Å². The van der Waals surface area contributed by atoms with Crippen LogP contribution in [0.3, 0.4) is 0 Å². The number of hydrogen-bond acceptors (Lipinski definition) is 3. The van der Waals surface area contributed by atoms with E-state index in [2.05, 4.69) is 138 Å². The molecule has 0 atom stereocenters. The third-order valence-corrected chi connectivity index (χ3v) is 9.16. The van der Waals surface area contributed by atoms with Gasteiger partial charge in [0.25, 0.3) is 6.71 Å². The van der Waals surface area contributed by atoms with Gasteiger partial charge >= 0.3 is 0 Å². The Bertz CT molecular complexity index is 2250. The van der Waals surface area contributed by atoms with Crippen LogP contribution in [0.25, 0.3) is 44.5 Å². The first kappa shape index (κ1) is 26.5. The minimum Gasteiger partial charge on any atom is -0.458 e. The standard InChI is InChI=1S/C42H28BNO2/c1-27-15-16-34(26-44-27)30-13-8-14-33(23-30)35-19-22-38-41-42(35)46-40-25-32(29-11-6-3-7-12-29)18-21-37(40)43(41)36-20-17-31(24-39(36)45-38)28-9-4-2-5-10-28/h2-26H,1H3. The van der Waals surface area contributed by atoms with Crippen LogP contribution in [0.1, 0.15) is 5.69 Å². The number of aromatic nitrogens is 1. The molecule has 1 aromatic heterocycles. The summed E-state index contributed by atoms with van der Waals surface area (Å²) in [5.41, 5.74) is 13.3. The highest BCUT2D eigenvalue weighted by Crippen LogP contribution is 2.42. The van der Waals surface area contributed by atoms with Crippen molar-refractivity contribution in [3.8, 4) is 67.5 Å². The molecule has 2 aliphatic rings. The maximum absolute atomic E-state index is 6.95. The smallest absolute Gasteiger partial charge is 0.260 e. The van der Waals surface area contributed by atoms with Crippen LogP contribution in [0.15, 0.2) is 152 Å². The highest BCUT2D eigenvalue weighted by Gasteiger charge is 2.41. The molecular formula is C42H28BNO2. The van der Waals surface area contributed by atoms with E-state index in [1.165, 1.54) is 5.56 Å². The molecule has 46 heavy (non-hydrogen) atoms. The summed E-state index contributed by atoms with van der Waals surface area (Å²) in [6.07, 6.45) is 1.94.